The Morgan fingerprint density at radius 2 is 2.33 bits per heavy atom. The van der Waals surface area contributed by atoms with Crippen molar-refractivity contribution in [2.75, 3.05) is 19.7 Å². The molecule has 1 aromatic heterocycles. The van der Waals surface area contributed by atoms with Gasteiger partial charge in [0.05, 0.1) is 19.1 Å². The van der Waals surface area contributed by atoms with Gasteiger partial charge in [0.2, 0.25) is 0 Å². The van der Waals surface area contributed by atoms with Gasteiger partial charge in [0.1, 0.15) is 5.69 Å². The van der Waals surface area contributed by atoms with Crippen LogP contribution in [0.15, 0.2) is 18.3 Å². The molecule has 0 spiro atoms. The summed E-state index contributed by atoms with van der Waals surface area (Å²) in [5, 5.41) is 8.73. The van der Waals surface area contributed by atoms with Crippen molar-refractivity contribution >= 4 is 11.9 Å². The first-order valence-corrected chi connectivity index (χ1v) is 5.82. The molecule has 0 aromatic carbocycles. The fraction of sp³-hybridized carbons (Fsp3) is 0.500. The number of carbonyl (C=O) groups excluding carboxylic acids is 1. The number of aliphatic carboxylic acids is 1. The summed E-state index contributed by atoms with van der Waals surface area (Å²) in [4.78, 5) is 24.5. The smallest absolute Gasteiger partial charge is 0.306 e. The second-order valence-electron chi connectivity index (χ2n) is 4.35. The lowest BCUT2D eigenvalue weighted by atomic mass is 10.2. The van der Waals surface area contributed by atoms with Gasteiger partial charge in [-0.05, 0) is 12.1 Å². The Kier molecular flexibility index (Phi) is 3.66. The van der Waals surface area contributed by atoms with E-state index in [9.17, 15) is 9.59 Å². The maximum Gasteiger partial charge on any atom is 0.306 e. The highest BCUT2D eigenvalue weighted by Crippen LogP contribution is 2.12. The summed E-state index contributed by atoms with van der Waals surface area (Å²) in [7, 11) is 1.81. The Morgan fingerprint density at radius 1 is 1.56 bits per heavy atom. The van der Waals surface area contributed by atoms with Crippen LogP contribution in [0.4, 0.5) is 0 Å². The number of hydrogen-bond donors (Lipinski definition) is 1. The van der Waals surface area contributed by atoms with Crippen LogP contribution < -0.4 is 0 Å². The first-order valence-electron chi connectivity index (χ1n) is 5.82. The largest absolute Gasteiger partial charge is 0.481 e. The molecule has 0 saturated carbocycles. The highest BCUT2D eigenvalue weighted by atomic mass is 16.5. The molecule has 1 aromatic rings. The number of amides is 1. The van der Waals surface area contributed by atoms with Crippen LogP contribution in [0, 0.1) is 0 Å². The lowest BCUT2D eigenvalue weighted by Gasteiger charge is -2.32. The van der Waals surface area contributed by atoms with Crippen LogP contribution in [-0.2, 0) is 16.6 Å². The van der Waals surface area contributed by atoms with E-state index in [1.165, 1.54) is 0 Å². The van der Waals surface area contributed by atoms with Gasteiger partial charge in [0, 0.05) is 26.3 Å². The lowest BCUT2D eigenvalue weighted by molar-refractivity contribution is -0.141. The van der Waals surface area contributed by atoms with Crippen molar-refractivity contribution in [2.45, 2.75) is 12.5 Å². The summed E-state index contributed by atoms with van der Waals surface area (Å²) < 4.78 is 7.09. The van der Waals surface area contributed by atoms with Crippen LogP contribution in [0.1, 0.15) is 16.9 Å². The molecule has 98 valence electrons. The molecule has 2 heterocycles. The molecule has 0 aliphatic carbocycles. The quantitative estimate of drug-likeness (QED) is 0.842. The number of rotatable bonds is 3. The van der Waals surface area contributed by atoms with Gasteiger partial charge < -0.3 is 19.3 Å². The number of aryl methyl sites for hydroxylation is 1. The molecule has 1 amide bonds. The highest BCUT2D eigenvalue weighted by molar-refractivity contribution is 5.92. The van der Waals surface area contributed by atoms with Gasteiger partial charge >= 0.3 is 5.97 Å². The van der Waals surface area contributed by atoms with Crippen LogP contribution in [-0.4, -0.2) is 52.3 Å². The Hall–Kier alpha value is -1.82. The van der Waals surface area contributed by atoms with Crippen molar-refractivity contribution < 1.29 is 19.4 Å². The molecular formula is C12H16N2O4. The predicted molar refractivity (Wildman–Crippen MR) is 63.3 cm³/mol. The number of aromatic nitrogens is 1. The van der Waals surface area contributed by atoms with Crippen molar-refractivity contribution in [1.82, 2.24) is 9.47 Å². The van der Waals surface area contributed by atoms with Crippen LogP contribution in [0.25, 0.3) is 0 Å². The van der Waals surface area contributed by atoms with E-state index in [4.69, 9.17) is 9.84 Å². The fourth-order valence-electron chi connectivity index (χ4n) is 2.07. The standard InChI is InChI=1S/C12H16N2O4/c1-13-4-2-3-10(13)12(17)14-5-6-18-9(8-14)7-11(15)16/h2-4,9H,5-8H2,1H3,(H,15,16)/t9-/m0/s1. The molecule has 1 N–H and O–H groups in total. The lowest BCUT2D eigenvalue weighted by Crippen LogP contribution is -2.46. The van der Waals surface area contributed by atoms with E-state index in [1.807, 2.05) is 19.3 Å². The van der Waals surface area contributed by atoms with E-state index in [1.54, 1.807) is 15.5 Å². The van der Waals surface area contributed by atoms with Crippen molar-refractivity contribution in [3.05, 3.63) is 24.0 Å². The van der Waals surface area contributed by atoms with Gasteiger partial charge in [-0.3, -0.25) is 9.59 Å². The molecule has 1 atom stereocenters. The van der Waals surface area contributed by atoms with Gasteiger partial charge in [-0.25, -0.2) is 0 Å². The molecule has 0 radical (unpaired) electrons. The zero-order valence-electron chi connectivity index (χ0n) is 10.2. The molecule has 0 unspecified atom stereocenters. The Bertz CT molecular complexity index is 455. The molecule has 0 bridgehead atoms. The van der Waals surface area contributed by atoms with E-state index in [2.05, 4.69) is 0 Å². The van der Waals surface area contributed by atoms with Crippen molar-refractivity contribution in [1.29, 1.82) is 0 Å². The number of nitrogens with zero attached hydrogens (tertiary/aromatic N) is 2. The average molecular weight is 252 g/mol. The van der Waals surface area contributed by atoms with Crippen LogP contribution in [0.3, 0.4) is 0 Å². The summed E-state index contributed by atoms with van der Waals surface area (Å²) in [6.45, 7) is 1.21. The monoisotopic (exact) mass is 252 g/mol. The second-order valence-corrected chi connectivity index (χ2v) is 4.35. The summed E-state index contributed by atoms with van der Waals surface area (Å²) in [5.74, 6) is -0.991. The normalized spacial score (nSPS) is 19.8. The van der Waals surface area contributed by atoms with Crippen LogP contribution >= 0.6 is 0 Å². The molecule has 6 nitrogen and oxygen atoms in total. The van der Waals surface area contributed by atoms with Crippen LogP contribution in [0.2, 0.25) is 0 Å². The Labute approximate surface area is 105 Å². The van der Waals surface area contributed by atoms with E-state index < -0.39 is 12.1 Å². The highest BCUT2D eigenvalue weighted by Gasteiger charge is 2.27. The molecule has 1 saturated heterocycles. The number of morpholine rings is 1. The van der Waals surface area contributed by atoms with E-state index in [-0.39, 0.29) is 12.3 Å². The minimum atomic E-state index is -0.909. The summed E-state index contributed by atoms with van der Waals surface area (Å²) in [5.41, 5.74) is 0.603. The molecular weight excluding hydrogens is 236 g/mol. The van der Waals surface area contributed by atoms with Crippen molar-refractivity contribution in [2.24, 2.45) is 7.05 Å². The van der Waals surface area contributed by atoms with Crippen LogP contribution in [0.5, 0.6) is 0 Å². The Morgan fingerprint density at radius 3 is 2.94 bits per heavy atom. The number of hydrogen-bond acceptors (Lipinski definition) is 3. The topological polar surface area (TPSA) is 71.8 Å². The second kappa shape index (κ2) is 5.22. The molecule has 1 aliphatic heterocycles. The fourth-order valence-corrected chi connectivity index (χ4v) is 2.07. The maximum atomic E-state index is 12.2. The summed E-state index contributed by atoms with van der Waals surface area (Å²) >= 11 is 0. The SMILES string of the molecule is Cn1cccc1C(=O)N1CCO[C@@H](CC(=O)O)C1. The van der Waals surface area contributed by atoms with E-state index >= 15 is 0 Å². The Balaban J connectivity index is 2.03. The zero-order chi connectivity index (χ0) is 13.1. The molecule has 18 heavy (non-hydrogen) atoms. The minimum Gasteiger partial charge on any atom is -0.481 e. The van der Waals surface area contributed by atoms with Crippen molar-refractivity contribution in [3.63, 3.8) is 0 Å². The maximum absolute atomic E-state index is 12.2. The third-order valence-electron chi connectivity index (χ3n) is 2.99. The summed E-state index contributed by atoms with van der Waals surface area (Å²) in [6, 6.07) is 3.56. The van der Waals surface area contributed by atoms with Gasteiger partial charge in [-0.15, -0.1) is 0 Å². The average Bonchev–Trinajstić information content (AvgIpc) is 2.74. The zero-order valence-corrected chi connectivity index (χ0v) is 10.2. The molecule has 6 heteroatoms. The van der Waals surface area contributed by atoms with Gasteiger partial charge in [0.25, 0.3) is 5.91 Å². The first-order chi connectivity index (χ1) is 8.58. The van der Waals surface area contributed by atoms with Crippen molar-refractivity contribution in [3.8, 4) is 0 Å². The van der Waals surface area contributed by atoms with Gasteiger partial charge in [0.15, 0.2) is 0 Å². The third kappa shape index (κ3) is 2.70. The molecule has 1 fully saturated rings. The first kappa shape index (κ1) is 12.6. The third-order valence-corrected chi connectivity index (χ3v) is 2.99. The number of carbonyl (C=O) groups is 2. The summed E-state index contributed by atoms with van der Waals surface area (Å²) in [6.07, 6.45) is 1.32. The van der Waals surface area contributed by atoms with E-state index in [0.29, 0.717) is 25.4 Å². The predicted octanol–water partition coefficient (Wildman–Crippen LogP) is 0.341. The van der Waals surface area contributed by atoms with Gasteiger partial charge in [-0.1, -0.05) is 0 Å². The van der Waals surface area contributed by atoms with Gasteiger partial charge in [-0.2, -0.15) is 0 Å². The molecule has 1 aliphatic rings. The number of carboxylic acids is 1. The minimum absolute atomic E-state index is 0.0725. The van der Waals surface area contributed by atoms with E-state index in [0.717, 1.165) is 0 Å². The number of ether oxygens (including phenoxy) is 1. The number of carboxylic acid groups (broad SMARTS) is 1. The molecule has 2 rings (SSSR count).